The SMILES string of the molecule is C[C@H](C(=O)N1CCN(c2ccc(S(=O)(=O)Nc3cccc(C(F)(F)F)c3)cc2)CC1)N1CCCc2cc(Cl)ccc21.[HH].[HH]. The first-order valence-corrected chi connectivity index (χ1v) is 15.2. The molecule has 1 atom stereocenters. The molecule has 0 saturated carbocycles. The molecule has 2 aliphatic heterocycles. The largest absolute Gasteiger partial charge is 0.416 e. The fourth-order valence-corrected chi connectivity index (χ4v) is 6.63. The highest BCUT2D eigenvalue weighted by Gasteiger charge is 2.32. The minimum atomic E-state index is -4.58. The number of nitrogens with one attached hydrogen (secondary N) is 1. The van der Waals surface area contributed by atoms with E-state index in [4.69, 9.17) is 11.6 Å². The van der Waals surface area contributed by atoms with Crippen molar-refractivity contribution in [2.24, 2.45) is 0 Å². The normalized spacial score (nSPS) is 16.8. The fourth-order valence-electron chi connectivity index (χ4n) is 5.39. The van der Waals surface area contributed by atoms with E-state index in [0.717, 1.165) is 54.5 Å². The number of hydrogen-bond donors (Lipinski definition) is 1. The zero-order chi connectivity index (χ0) is 29.4. The molecule has 5 rings (SSSR count). The van der Waals surface area contributed by atoms with E-state index in [-0.39, 0.29) is 25.4 Å². The van der Waals surface area contributed by atoms with E-state index in [1.807, 2.05) is 30.0 Å². The lowest BCUT2D eigenvalue weighted by Gasteiger charge is -2.41. The van der Waals surface area contributed by atoms with Crippen molar-refractivity contribution >= 4 is 44.6 Å². The maximum atomic E-state index is 13.4. The van der Waals surface area contributed by atoms with Gasteiger partial charge in [-0.05, 0) is 86.0 Å². The van der Waals surface area contributed by atoms with Crippen molar-refractivity contribution in [2.75, 3.05) is 47.2 Å². The molecule has 1 saturated heterocycles. The first kappa shape index (κ1) is 29.1. The van der Waals surface area contributed by atoms with E-state index in [2.05, 4.69) is 14.5 Å². The Labute approximate surface area is 245 Å². The molecule has 0 aromatic heterocycles. The summed E-state index contributed by atoms with van der Waals surface area (Å²) in [5.41, 5.74) is 1.90. The van der Waals surface area contributed by atoms with E-state index in [1.54, 1.807) is 12.1 Å². The van der Waals surface area contributed by atoms with Crippen LogP contribution in [0.1, 0.15) is 27.3 Å². The number of carbonyl (C=O) groups excluding carboxylic acids is 1. The topological polar surface area (TPSA) is 73.0 Å². The van der Waals surface area contributed by atoms with Crippen LogP contribution in [-0.2, 0) is 27.4 Å². The second-order valence-electron chi connectivity index (χ2n) is 10.2. The number of alkyl halides is 3. The third kappa shape index (κ3) is 6.41. The monoisotopic (exact) mass is 610 g/mol. The zero-order valence-corrected chi connectivity index (χ0v) is 23.9. The lowest BCUT2D eigenvalue weighted by atomic mass is 10.00. The number of rotatable bonds is 6. The zero-order valence-electron chi connectivity index (χ0n) is 22.4. The quantitative estimate of drug-likeness (QED) is 0.363. The summed E-state index contributed by atoms with van der Waals surface area (Å²) < 4.78 is 66.8. The average molecular weight is 611 g/mol. The van der Waals surface area contributed by atoms with Gasteiger partial charge in [0.15, 0.2) is 0 Å². The fraction of sp³-hybridized carbons (Fsp3) is 0.345. The first-order chi connectivity index (χ1) is 19.4. The minimum Gasteiger partial charge on any atom is -0.368 e. The van der Waals surface area contributed by atoms with Gasteiger partial charge in [-0.3, -0.25) is 9.52 Å². The molecule has 3 aromatic carbocycles. The van der Waals surface area contributed by atoms with E-state index in [1.165, 1.54) is 18.2 Å². The smallest absolute Gasteiger partial charge is 0.368 e. The van der Waals surface area contributed by atoms with Crippen LogP contribution in [-0.4, -0.2) is 58.0 Å². The Kier molecular flexibility index (Phi) is 8.11. The van der Waals surface area contributed by atoms with Crippen LogP contribution in [0.15, 0.2) is 71.6 Å². The number of sulfonamides is 1. The summed E-state index contributed by atoms with van der Waals surface area (Å²) in [6.07, 6.45) is -2.68. The molecule has 0 unspecified atom stereocenters. The molecule has 12 heteroatoms. The number of anilines is 3. The Hall–Kier alpha value is -3.44. The van der Waals surface area contributed by atoms with Gasteiger partial charge in [0.1, 0.15) is 6.04 Å². The van der Waals surface area contributed by atoms with Gasteiger partial charge in [-0.1, -0.05) is 17.7 Å². The molecule has 2 aliphatic rings. The maximum Gasteiger partial charge on any atom is 0.416 e. The Bertz CT molecular complexity index is 1540. The number of carbonyl (C=O) groups is 1. The number of aryl methyl sites for hydroxylation is 1. The number of fused-ring (bicyclic) bond motifs is 1. The maximum absolute atomic E-state index is 13.4. The molecule has 1 N–H and O–H groups in total. The number of piperazine rings is 1. The minimum absolute atomic E-state index is 0. The summed E-state index contributed by atoms with van der Waals surface area (Å²) >= 11 is 6.17. The van der Waals surface area contributed by atoms with Crippen LogP contribution in [0.2, 0.25) is 5.02 Å². The molecular formula is C29H34ClF3N4O3S. The standard InChI is InChI=1S/C29H30ClF3N4O3S.2H2/c1-20(37-13-3-4-21-18-23(30)7-12-27(21)37)28(38)36-16-14-35(15-17-36)25-8-10-26(11-9-25)41(39,40)34-24-6-2-5-22(19-24)29(31,32)33;;/h2,5-12,18-20,34H,3-4,13-17H2,1H3;2*1H/t20-;;/m1../s1. The van der Waals surface area contributed by atoms with Gasteiger partial charge < -0.3 is 14.7 Å². The van der Waals surface area contributed by atoms with Crippen LogP contribution in [0.4, 0.5) is 30.2 Å². The summed E-state index contributed by atoms with van der Waals surface area (Å²) in [5.74, 6) is 0.0644. The van der Waals surface area contributed by atoms with Gasteiger partial charge in [0, 0.05) is 57.7 Å². The van der Waals surface area contributed by atoms with E-state index < -0.39 is 21.8 Å². The summed E-state index contributed by atoms with van der Waals surface area (Å²) in [7, 11) is -4.09. The van der Waals surface area contributed by atoms with Crippen LogP contribution >= 0.6 is 11.6 Å². The van der Waals surface area contributed by atoms with Crippen LogP contribution < -0.4 is 14.5 Å². The molecule has 3 aromatic rings. The van der Waals surface area contributed by atoms with Crippen molar-refractivity contribution in [1.82, 2.24) is 4.90 Å². The predicted molar refractivity (Wildman–Crippen MR) is 158 cm³/mol. The lowest BCUT2D eigenvalue weighted by molar-refractivity contribution is -0.137. The number of amides is 1. The van der Waals surface area contributed by atoms with Crippen molar-refractivity contribution in [3.05, 3.63) is 82.9 Å². The molecule has 7 nitrogen and oxygen atoms in total. The van der Waals surface area contributed by atoms with Gasteiger partial charge in [-0.25, -0.2) is 8.42 Å². The van der Waals surface area contributed by atoms with Crippen LogP contribution in [0.3, 0.4) is 0 Å². The number of halogens is 4. The highest BCUT2D eigenvalue weighted by molar-refractivity contribution is 7.92. The molecule has 1 amide bonds. The third-order valence-electron chi connectivity index (χ3n) is 7.57. The second kappa shape index (κ2) is 11.4. The van der Waals surface area contributed by atoms with Gasteiger partial charge in [0.25, 0.3) is 10.0 Å². The number of benzene rings is 3. The molecule has 0 spiro atoms. The van der Waals surface area contributed by atoms with E-state index in [9.17, 15) is 26.4 Å². The lowest BCUT2D eigenvalue weighted by Crippen LogP contribution is -2.55. The van der Waals surface area contributed by atoms with E-state index in [0.29, 0.717) is 31.2 Å². The predicted octanol–water partition coefficient (Wildman–Crippen LogP) is 6.14. The molecule has 41 heavy (non-hydrogen) atoms. The number of nitrogens with zero attached hydrogens (tertiary/aromatic N) is 3. The number of hydrogen-bond acceptors (Lipinski definition) is 5. The summed E-state index contributed by atoms with van der Waals surface area (Å²) in [6.45, 7) is 4.96. The van der Waals surface area contributed by atoms with Gasteiger partial charge in [0.05, 0.1) is 10.5 Å². The molecule has 0 aliphatic carbocycles. The van der Waals surface area contributed by atoms with Crippen molar-refractivity contribution in [2.45, 2.75) is 36.9 Å². The van der Waals surface area contributed by atoms with Crippen molar-refractivity contribution in [1.29, 1.82) is 0 Å². The molecule has 222 valence electrons. The van der Waals surface area contributed by atoms with Crippen LogP contribution in [0.5, 0.6) is 0 Å². The molecule has 1 fully saturated rings. The van der Waals surface area contributed by atoms with Crippen molar-refractivity contribution in [3.63, 3.8) is 0 Å². The van der Waals surface area contributed by atoms with Gasteiger partial charge >= 0.3 is 6.18 Å². The summed E-state index contributed by atoms with van der Waals surface area (Å²) in [6, 6.07) is 15.7. The Morgan fingerprint density at radius 2 is 1.68 bits per heavy atom. The Morgan fingerprint density at radius 1 is 0.976 bits per heavy atom. The molecule has 2 heterocycles. The highest BCUT2D eigenvalue weighted by atomic mass is 35.5. The van der Waals surface area contributed by atoms with Crippen molar-refractivity contribution < 1.29 is 29.2 Å². The summed E-state index contributed by atoms with van der Waals surface area (Å²) in [5, 5.41) is 0.693. The molecule has 0 bridgehead atoms. The van der Waals surface area contributed by atoms with Crippen molar-refractivity contribution in [3.8, 4) is 0 Å². The molecule has 0 radical (unpaired) electrons. The van der Waals surface area contributed by atoms with Gasteiger partial charge in [-0.2, -0.15) is 13.2 Å². The van der Waals surface area contributed by atoms with Crippen LogP contribution in [0, 0.1) is 0 Å². The Morgan fingerprint density at radius 3 is 2.37 bits per heavy atom. The first-order valence-electron chi connectivity index (χ1n) is 13.3. The second-order valence-corrected chi connectivity index (χ2v) is 12.4. The third-order valence-corrected chi connectivity index (χ3v) is 9.20. The molecular weight excluding hydrogens is 577 g/mol. The Balaban J connectivity index is 0.00000253. The van der Waals surface area contributed by atoms with Gasteiger partial charge in [0.2, 0.25) is 5.91 Å². The highest BCUT2D eigenvalue weighted by Crippen LogP contribution is 2.33. The van der Waals surface area contributed by atoms with E-state index >= 15 is 0 Å². The van der Waals surface area contributed by atoms with Gasteiger partial charge in [-0.15, -0.1) is 0 Å². The average Bonchev–Trinajstić information content (AvgIpc) is 2.95. The van der Waals surface area contributed by atoms with Crippen LogP contribution in [0.25, 0.3) is 0 Å². The summed E-state index contributed by atoms with van der Waals surface area (Å²) in [4.78, 5) is 19.4.